The number of hydrogen-bond donors (Lipinski definition) is 2. The van der Waals surface area contributed by atoms with Crippen molar-refractivity contribution in [3.63, 3.8) is 0 Å². The van der Waals surface area contributed by atoms with E-state index in [0.717, 1.165) is 10.9 Å². The van der Waals surface area contributed by atoms with Crippen LogP contribution in [0.15, 0.2) is 29.3 Å². The SMILES string of the molecule is COC(CNC(=O)c1ccc(NC2=N[C@@H]3CS(=O)(=O)C[C@H]3S2)cc1)OC. The Morgan fingerprint density at radius 2 is 1.96 bits per heavy atom. The molecule has 2 aliphatic heterocycles. The molecule has 10 heteroatoms. The smallest absolute Gasteiger partial charge is 0.251 e. The molecule has 2 atom stereocenters. The molecule has 0 unspecified atom stereocenters. The van der Waals surface area contributed by atoms with Gasteiger partial charge in [0, 0.05) is 30.7 Å². The first-order valence-electron chi connectivity index (χ1n) is 8.06. The lowest BCUT2D eigenvalue weighted by molar-refractivity contribution is -0.0974. The van der Waals surface area contributed by atoms with Crippen LogP contribution in [0.5, 0.6) is 0 Å². The predicted octanol–water partition coefficient (Wildman–Crippen LogP) is 0.716. The molecule has 0 aliphatic carbocycles. The molecule has 2 heterocycles. The van der Waals surface area contributed by atoms with Crippen molar-refractivity contribution < 1.29 is 22.7 Å². The van der Waals surface area contributed by atoms with Crippen LogP contribution in [-0.2, 0) is 19.3 Å². The van der Waals surface area contributed by atoms with Gasteiger partial charge in [-0.1, -0.05) is 11.8 Å². The Morgan fingerprint density at radius 3 is 2.58 bits per heavy atom. The fraction of sp³-hybridized carbons (Fsp3) is 0.500. The molecular weight excluding hydrogens is 378 g/mol. The molecule has 0 saturated carbocycles. The minimum absolute atomic E-state index is 0.00191. The van der Waals surface area contributed by atoms with E-state index in [4.69, 9.17) is 9.47 Å². The molecule has 0 radical (unpaired) electrons. The number of fused-ring (bicyclic) bond motifs is 1. The van der Waals surface area contributed by atoms with E-state index in [1.165, 1.54) is 26.0 Å². The lowest BCUT2D eigenvalue weighted by atomic mass is 10.2. The number of thioether (sulfide) groups is 1. The number of nitrogens with one attached hydrogen (secondary N) is 2. The molecular formula is C16H21N3O5S2. The van der Waals surface area contributed by atoms with Gasteiger partial charge in [-0.3, -0.25) is 9.79 Å². The fourth-order valence-corrected chi connectivity index (χ4v) is 6.46. The van der Waals surface area contributed by atoms with Crippen molar-refractivity contribution in [2.24, 2.45) is 4.99 Å². The number of amides is 1. The summed E-state index contributed by atoms with van der Waals surface area (Å²) in [4.78, 5) is 16.6. The Bertz CT molecular complexity index is 791. The van der Waals surface area contributed by atoms with Crippen molar-refractivity contribution in [3.8, 4) is 0 Å². The minimum Gasteiger partial charge on any atom is -0.354 e. The zero-order valence-electron chi connectivity index (χ0n) is 14.5. The number of nitrogens with zero attached hydrogens (tertiary/aromatic N) is 1. The highest BCUT2D eigenvalue weighted by Crippen LogP contribution is 2.34. The van der Waals surface area contributed by atoms with Crippen molar-refractivity contribution in [2.75, 3.05) is 37.6 Å². The van der Waals surface area contributed by atoms with Crippen molar-refractivity contribution >= 4 is 38.4 Å². The Hall–Kier alpha value is -1.62. The molecule has 8 nitrogen and oxygen atoms in total. The first-order chi connectivity index (χ1) is 12.4. The maximum atomic E-state index is 12.1. The molecule has 142 valence electrons. The Balaban J connectivity index is 1.55. The number of methoxy groups -OCH3 is 2. The second kappa shape index (κ2) is 7.95. The Labute approximate surface area is 156 Å². The molecule has 1 amide bonds. The molecule has 1 saturated heterocycles. The van der Waals surface area contributed by atoms with Gasteiger partial charge in [0.05, 0.1) is 24.1 Å². The van der Waals surface area contributed by atoms with Gasteiger partial charge in [0.25, 0.3) is 5.91 Å². The number of aliphatic imine (C=N–C) groups is 1. The van der Waals surface area contributed by atoms with Crippen LogP contribution in [0, 0.1) is 0 Å². The van der Waals surface area contributed by atoms with E-state index in [0.29, 0.717) is 5.56 Å². The molecule has 0 bridgehead atoms. The molecule has 3 rings (SSSR count). The van der Waals surface area contributed by atoms with Crippen molar-refractivity contribution in [2.45, 2.75) is 17.6 Å². The fourth-order valence-electron chi connectivity index (χ4n) is 2.79. The highest BCUT2D eigenvalue weighted by molar-refractivity contribution is 8.15. The average molecular weight is 399 g/mol. The number of anilines is 1. The summed E-state index contributed by atoms with van der Waals surface area (Å²) in [5, 5.41) is 6.63. The minimum atomic E-state index is -2.95. The zero-order chi connectivity index (χ0) is 18.7. The van der Waals surface area contributed by atoms with Crippen molar-refractivity contribution in [1.29, 1.82) is 0 Å². The van der Waals surface area contributed by atoms with Gasteiger partial charge in [-0.05, 0) is 24.3 Å². The third-order valence-electron chi connectivity index (χ3n) is 4.17. The van der Waals surface area contributed by atoms with Gasteiger partial charge in [-0.2, -0.15) is 0 Å². The number of benzene rings is 1. The van der Waals surface area contributed by atoms with Gasteiger partial charge < -0.3 is 20.1 Å². The van der Waals surface area contributed by atoms with E-state index < -0.39 is 16.1 Å². The van der Waals surface area contributed by atoms with Crippen LogP contribution in [0.1, 0.15) is 10.4 Å². The third kappa shape index (κ3) is 4.56. The van der Waals surface area contributed by atoms with Crippen LogP contribution in [0.4, 0.5) is 5.69 Å². The van der Waals surface area contributed by atoms with Crippen molar-refractivity contribution in [3.05, 3.63) is 29.8 Å². The lowest BCUT2D eigenvalue weighted by Crippen LogP contribution is -2.34. The van der Waals surface area contributed by atoms with Gasteiger partial charge in [-0.15, -0.1) is 0 Å². The monoisotopic (exact) mass is 399 g/mol. The number of hydrogen-bond acceptors (Lipinski definition) is 8. The molecule has 1 aromatic carbocycles. The summed E-state index contributed by atoms with van der Waals surface area (Å²) >= 11 is 1.46. The molecule has 0 spiro atoms. The summed E-state index contributed by atoms with van der Waals surface area (Å²) in [7, 11) is 0.0655. The first-order valence-corrected chi connectivity index (χ1v) is 10.8. The predicted molar refractivity (Wildman–Crippen MR) is 101 cm³/mol. The van der Waals surface area contributed by atoms with Crippen LogP contribution in [0.25, 0.3) is 0 Å². The highest BCUT2D eigenvalue weighted by Gasteiger charge is 2.42. The summed E-state index contributed by atoms with van der Waals surface area (Å²) in [6, 6.07) is 6.82. The maximum Gasteiger partial charge on any atom is 0.251 e. The molecule has 26 heavy (non-hydrogen) atoms. The van der Waals surface area contributed by atoms with Crippen LogP contribution in [0.3, 0.4) is 0 Å². The maximum absolute atomic E-state index is 12.1. The number of carbonyl (C=O) groups excluding carboxylic acids is 1. The summed E-state index contributed by atoms with van der Waals surface area (Å²) in [6.07, 6.45) is -0.486. The quantitative estimate of drug-likeness (QED) is 0.679. The second-order valence-corrected chi connectivity index (χ2v) is 9.43. The second-order valence-electron chi connectivity index (χ2n) is 6.05. The summed E-state index contributed by atoms with van der Waals surface area (Å²) < 4.78 is 33.2. The Kier molecular flexibility index (Phi) is 5.86. The van der Waals surface area contributed by atoms with E-state index in [1.54, 1.807) is 24.3 Å². The summed E-state index contributed by atoms with van der Waals surface area (Å²) in [5.74, 6) is 0.0851. The number of ether oxygens (including phenoxy) is 2. The standard InChI is InChI=1S/C16H21N3O5S2/c1-23-14(24-2)7-17-15(20)10-3-5-11(6-4-10)18-16-19-12-8-26(21,22)9-13(12)25-16/h3-6,12-14H,7-9H2,1-2H3,(H,17,20)(H,18,19)/t12-,13-/m1/s1. The van der Waals surface area contributed by atoms with Gasteiger partial charge in [-0.25, -0.2) is 8.42 Å². The number of amidine groups is 1. The largest absolute Gasteiger partial charge is 0.354 e. The van der Waals surface area contributed by atoms with E-state index in [1.807, 2.05) is 0 Å². The average Bonchev–Trinajstić information content (AvgIpc) is 3.08. The van der Waals surface area contributed by atoms with Gasteiger partial charge in [0.15, 0.2) is 21.3 Å². The lowest BCUT2D eigenvalue weighted by Gasteiger charge is -2.14. The number of carbonyl (C=O) groups is 1. The topological polar surface area (TPSA) is 106 Å². The summed E-state index contributed by atoms with van der Waals surface area (Å²) in [5.41, 5.74) is 1.31. The third-order valence-corrected chi connectivity index (χ3v) is 7.31. The highest BCUT2D eigenvalue weighted by atomic mass is 32.2. The number of sulfone groups is 1. The van der Waals surface area contributed by atoms with E-state index in [9.17, 15) is 13.2 Å². The molecule has 0 aromatic heterocycles. The number of rotatable bonds is 6. The normalized spacial score (nSPS) is 23.6. The van der Waals surface area contributed by atoms with Crippen LogP contribution in [0.2, 0.25) is 0 Å². The molecule has 2 N–H and O–H groups in total. The molecule has 1 fully saturated rings. The van der Waals surface area contributed by atoms with Gasteiger partial charge in [0.2, 0.25) is 0 Å². The Morgan fingerprint density at radius 1 is 1.27 bits per heavy atom. The van der Waals surface area contributed by atoms with E-state index in [2.05, 4.69) is 15.6 Å². The van der Waals surface area contributed by atoms with Gasteiger partial charge >= 0.3 is 0 Å². The molecule has 1 aromatic rings. The van der Waals surface area contributed by atoms with Crippen LogP contribution < -0.4 is 10.6 Å². The van der Waals surface area contributed by atoms with Crippen LogP contribution in [-0.4, -0.2) is 69.3 Å². The van der Waals surface area contributed by atoms with Crippen LogP contribution >= 0.6 is 11.8 Å². The first kappa shape index (κ1) is 19.2. The van der Waals surface area contributed by atoms with Crippen molar-refractivity contribution in [1.82, 2.24) is 5.32 Å². The molecule has 2 aliphatic rings. The summed E-state index contributed by atoms with van der Waals surface area (Å²) in [6.45, 7) is 0.255. The van der Waals surface area contributed by atoms with E-state index in [-0.39, 0.29) is 35.2 Å². The zero-order valence-corrected chi connectivity index (χ0v) is 16.1. The van der Waals surface area contributed by atoms with Gasteiger partial charge in [0.1, 0.15) is 0 Å². The van der Waals surface area contributed by atoms with E-state index >= 15 is 0 Å².